The van der Waals surface area contributed by atoms with E-state index in [-0.39, 0.29) is 5.91 Å². The van der Waals surface area contributed by atoms with E-state index < -0.39 is 5.97 Å². The van der Waals surface area contributed by atoms with Crippen LogP contribution in [0.1, 0.15) is 37.8 Å². The molecule has 1 unspecified atom stereocenters. The molecule has 1 aromatic carbocycles. The number of rotatable bonds is 7. The van der Waals surface area contributed by atoms with Crippen molar-refractivity contribution in [1.29, 1.82) is 0 Å². The van der Waals surface area contributed by atoms with Crippen molar-refractivity contribution < 1.29 is 14.7 Å². The van der Waals surface area contributed by atoms with Crippen molar-refractivity contribution in [2.45, 2.75) is 46.1 Å². The number of aryl methyl sites for hydroxylation is 1. The van der Waals surface area contributed by atoms with Gasteiger partial charge >= 0.3 is 0 Å². The fourth-order valence-corrected chi connectivity index (χ4v) is 3.19. The van der Waals surface area contributed by atoms with Crippen LogP contribution in [-0.4, -0.2) is 39.9 Å². The molecule has 1 amide bonds. The number of nitrogens with zero attached hydrogens (tertiary/aromatic N) is 2. The van der Waals surface area contributed by atoms with Crippen LogP contribution in [-0.2, 0) is 29.0 Å². The Hall–Kier alpha value is -2.67. The molecule has 1 aliphatic heterocycles. The van der Waals surface area contributed by atoms with E-state index in [0.29, 0.717) is 6.42 Å². The van der Waals surface area contributed by atoms with Gasteiger partial charge in [0.05, 0.1) is 18.3 Å². The van der Waals surface area contributed by atoms with Gasteiger partial charge < -0.3 is 15.7 Å². The van der Waals surface area contributed by atoms with E-state index >= 15 is 0 Å². The fraction of sp³-hybridized carbons (Fsp3) is 0.476. The second kappa shape index (κ2) is 11.2. The van der Waals surface area contributed by atoms with Crippen molar-refractivity contribution in [2.24, 2.45) is 5.92 Å². The van der Waals surface area contributed by atoms with Gasteiger partial charge in [0.2, 0.25) is 5.91 Å². The molecule has 0 spiro atoms. The molecule has 7 nitrogen and oxygen atoms in total. The summed E-state index contributed by atoms with van der Waals surface area (Å²) in [4.78, 5) is 21.2. The average Bonchev–Trinajstić information content (AvgIpc) is 3.29. The monoisotopic (exact) mass is 386 g/mol. The summed E-state index contributed by atoms with van der Waals surface area (Å²) in [5, 5.41) is 18.0. The third kappa shape index (κ3) is 7.92. The summed E-state index contributed by atoms with van der Waals surface area (Å²) >= 11 is 0. The minimum atomic E-state index is -0.833. The third-order valence-electron chi connectivity index (χ3n) is 4.44. The van der Waals surface area contributed by atoms with Crippen LogP contribution in [0, 0.1) is 5.92 Å². The number of carbonyl (C=O) groups excluding carboxylic acids is 1. The van der Waals surface area contributed by atoms with Crippen LogP contribution >= 0.6 is 0 Å². The summed E-state index contributed by atoms with van der Waals surface area (Å²) in [6.07, 6.45) is 7.38. The molecule has 0 radical (unpaired) electrons. The van der Waals surface area contributed by atoms with Crippen molar-refractivity contribution in [1.82, 2.24) is 15.1 Å². The first-order chi connectivity index (χ1) is 13.5. The number of hydrogen-bond donors (Lipinski definition) is 3. The van der Waals surface area contributed by atoms with Crippen LogP contribution in [0.25, 0.3) is 0 Å². The predicted octanol–water partition coefficient (Wildman–Crippen LogP) is 2.72. The quantitative estimate of drug-likeness (QED) is 0.680. The lowest BCUT2D eigenvalue weighted by molar-refractivity contribution is -0.134. The second-order valence-corrected chi connectivity index (χ2v) is 7.12. The largest absolute Gasteiger partial charge is 0.481 e. The molecule has 152 valence electrons. The number of nitrogens with one attached hydrogen (secondary N) is 2. The highest BCUT2D eigenvalue weighted by molar-refractivity contribution is 5.91. The molecule has 3 rings (SSSR count). The molecule has 1 saturated heterocycles. The highest BCUT2D eigenvalue weighted by Gasteiger charge is 2.14. The van der Waals surface area contributed by atoms with Gasteiger partial charge in [-0.2, -0.15) is 5.10 Å². The Labute approximate surface area is 166 Å². The lowest BCUT2D eigenvalue weighted by Gasteiger charge is -2.09. The molecule has 1 aliphatic rings. The Morgan fingerprint density at radius 1 is 1.29 bits per heavy atom. The molecule has 0 bridgehead atoms. The van der Waals surface area contributed by atoms with Crippen molar-refractivity contribution in [3.63, 3.8) is 0 Å². The molecular weight excluding hydrogens is 356 g/mol. The van der Waals surface area contributed by atoms with Crippen molar-refractivity contribution in [3.8, 4) is 0 Å². The summed E-state index contributed by atoms with van der Waals surface area (Å²) in [7, 11) is 0. The SMILES string of the molecule is CC(=O)O.CCCn1cc(NC(=O)Cc2ccc(CC3CCNC3)cc2)cn1. The molecule has 28 heavy (non-hydrogen) atoms. The van der Waals surface area contributed by atoms with E-state index in [0.717, 1.165) is 56.6 Å². The number of anilines is 1. The number of carbonyl (C=O) groups is 2. The first-order valence-corrected chi connectivity index (χ1v) is 9.76. The van der Waals surface area contributed by atoms with Gasteiger partial charge in [0.1, 0.15) is 0 Å². The molecular formula is C21H30N4O3. The van der Waals surface area contributed by atoms with E-state index in [2.05, 4.69) is 46.9 Å². The minimum Gasteiger partial charge on any atom is -0.481 e. The van der Waals surface area contributed by atoms with Gasteiger partial charge in [0.25, 0.3) is 5.97 Å². The maximum atomic E-state index is 12.2. The Morgan fingerprint density at radius 2 is 1.96 bits per heavy atom. The van der Waals surface area contributed by atoms with Crippen molar-refractivity contribution >= 4 is 17.6 Å². The van der Waals surface area contributed by atoms with Crippen LogP contribution in [0.15, 0.2) is 36.7 Å². The average molecular weight is 386 g/mol. The lowest BCUT2D eigenvalue weighted by atomic mass is 9.97. The molecule has 1 fully saturated rings. The maximum absolute atomic E-state index is 12.2. The number of aromatic nitrogens is 2. The molecule has 3 N–H and O–H groups in total. The highest BCUT2D eigenvalue weighted by atomic mass is 16.4. The summed E-state index contributed by atoms with van der Waals surface area (Å²) in [6, 6.07) is 8.44. The number of hydrogen-bond acceptors (Lipinski definition) is 4. The van der Waals surface area contributed by atoms with E-state index in [9.17, 15) is 4.79 Å². The molecule has 2 heterocycles. The van der Waals surface area contributed by atoms with Gasteiger partial charge in [-0.05, 0) is 49.4 Å². The number of aliphatic carboxylic acids is 1. The third-order valence-corrected chi connectivity index (χ3v) is 4.44. The van der Waals surface area contributed by atoms with Crippen LogP contribution < -0.4 is 10.6 Å². The zero-order chi connectivity index (χ0) is 20.4. The van der Waals surface area contributed by atoms with Crippen molar-refractivity contribution in [3.05, 3.63) is 47.8 Å². The molecule has 7 heteroatoms. The first kappa shape index (κ1) is 21.6. The molecule has 1 atom stereocenters. The van der Waals surface area contributed by atoms with Crippen LogP contribution in [0.4, 0.5) is 5.69 Å². The fourth-order valence-electron chi connectivity index (χ4n) is 3.19. The predicted molar refractivity (Wildman–Crippen MR) is 109 cm³/mol. The number of carboxylic acid groups (broad SMARTS) is 1. The highest BCUT2D eigenvalue weighted by Crippen LogP contribution is 2.16. The molecule has 0 saturated carbocycles. The number of amides is 1. The van der Waals surface area contributed by atoms with Gasteiger partial charge in [0.15, 0.2) is 0 Å². The van der Waals surface area contributed by atoms with Gasteiger partial charge in [-0.15, -0.1) is 0 Å². The normalized spacial score (nSPS) is 15.6. The standard InChI is InChI=1S/C19H26N4O.C2H4O2/c1-2-9-23-14-18(13-21-23)22-19(24)11-16-5-3-15(4-6-16)10-17-7-8-20-12-17;1-2(3)4/h3-6,13-14,17,20H,2,7-12H2,1H3,(H,22,24);1H3,(H,3,4). The first-order valence-electron chi connectivity index (χ1n) is 9.76. The maximum Gasteiger partial charge on any atom is 0.300 e. The minimum absolute atomic E-state index is 0.00112. The number of benzene rings is 1. The van der Waals surface area contributed by atoms with Crippen LogP contribution in [0.5, 0.6) is 0 Å². The summed E-state index contributed by atoms with van der Waals surface area (Å²) in [5.41, 5.74) is 3.16. The van der Waals surface area contributed by atoms with Crippen molar-refractivity contribution in [2.75, 3.05) is 18.4 Å². The van der Waals surface area contributed by atoms with E-state index in [1.54, 1.807) is 6.20 Å². The topological polar surface area (TPSA) is 96.2 Å². The molecule has 1 aromatic heterocycles. The summed E-state index contributed by atoms with van der Waals surface area (Å²) < 4.78 is 1.85. The smallest absolute Gasteiger partial charge is 0.300 e. The van der Waals surface area contributed by atoms with Crippen LogP contribution in [0.2, 0.25) is 0 Å². The Bertz CT molecular complexity index is 745. The van der Waals surface area contributed by atoms with Crippen LogP contribution in [0.3, 0.4) is 0 Å². The zero-order valence-corrected chi connectivity index (χ0v) is 16.6. The lowest BCUT2D eigenvalue weighted by Crippen LogP contribution is -2.14. The van der Waals surface area contributed by atoms with E-state index in [1.807, 2.05) is 10.9 Å². The van der Waals surface area contributed by atoms with Gasteiger partial charge in [-0.1, -0.05) is 31.2 Å². The Balaban J connectivity index is 0.000000640. The summed E-state index contributed by atoms with van der Waals surface area (Å²) in [6.45, 7) is 6.31. The Morgan fingerprint density at radius 3 is 2.57 bits per heavy atom. The summed E-state index contributed by atoms with van der Waals surface area (Å²) in [5.74, 6) is -0.0856. The molecule has 0 aliphatic carbocycles. The van der Waals surface area contributed by atoms with E-state index in [1.165, 1.54) is 12.0 Å². The van der Waals surface area contributed by atoms with Gasteiger partial charge in [-0.25, -0.2) is 0 Å². The number of carboxylic acids is 1. The molecule has 2 aromatic rings. The zero-order valence-electron chi connectivity index (χ0n) is 16.6. The second-order valence-electron chi connectivity index (χ2n) is 7.12. The Kier molecular flexibility index (Phi) is 8.68. The van der Waals surface area contributed by atoms with E-state index in [4.69, 9.17) is 9.90 Å². The van der Waals surface area contributed by atoms with Gasteiger partial charge in [0, 0.05) is 19.7 Å². The van der Waals surface area contributed by atoms with Gasteiger partial charge in [-0.3, -0.25) is 14.3 Å².